The zero-order valence-corrected chi connectivity index (χ0v) is 20.3. The summed E-state index contributed by atoms with van der Waals surface area (Å²) in [7, 11) is 0. The molecule has 0 saturated heterocycles. The number of carbonyl (C=O) groups is 4. The molecule has 0 aromatic heterocycles. The van der Waals surface area contributed by atoms with Crippen LogP contribution in [0.25, 0.3) is 0 Å². The second kappa shape index (κ2) is 12.0. The maximum Gasteiger partial charge on any atom is 0.308 e. The Labute approximate surface area is 217 Å². The van der Waals surface area contributed by atoms with Crippen LogP contribution in [0.2, 0.25) is 5.02 Å². The van der Waals surface area contributed by atoms with E-state index in [-0.39, 0.29) is 23.6 Å². The fraction of sp³-hybridized carbons (Fsp3) is 0.185. The lowest BCUT2D eigenvalue weighted by Gasteiger charge is -2.25. The van der Waals surface area contributed by atoms with Gasteiger partial charge in [0.25, 0.3) is 17.7 Å². The fourth-order valence-corrected chi connectivity index (χ4v) is 3.81. The number of ether oxygens (including phenoxy) is 3. The number of nitrogens with one attached hydrogen (secondary N) is 2. The fourth-order valence-electron chi connectivity index (χ4n) is 3.59. The molecular formula is C27H23ClN2O7. The van der Waals surface area contributed by atoms with Crippen LogP contribution in [0.5, 0.6) is 11.5 Å². The molecule has 3 aromatic rings. The van der Waals surface area contributed by atoms with Gasteiger partial charge < -0.3 is 19.5 Å². The molecule has 9 nitrogen and oxygen atoms in total. The number of rotatable bonds is 8. The largest absolute Gasteiger partial charge is 0.485 e. The summed E-state index contributed by atoms with van der Waals surface area (Å²) in [5, 5.41) is 5.19. The summed E-state index contributed by atoms with van der Waals surface area (Å²) in [5.41, 5.74) is 0.919. The monoisotopic (exact) mass is 522 g/mol. The van der Waals surface area contributed by atoms with Gasteiger partial charge in [-0.15, -0.1) is 0 Å². The summed E-state index contributed by atoms with van der Waals surface area (Å²) in [6, 6.07) is 21.5. The van der Waals surface area contributed by atoms with E-state index in [0.717, 1.165) is 0 Å². The summed E-state index contributed by atoms with van der Waals surface area (Å²) < 4.78 is 16.1. The van der Waals surface area contributed by atoms with Crippen molar-refractivity contribution < 1.29 is 33.4 Å². The first kappa shape index (κ1) is 25.7. The van der Waals surface area contributed by atoms with Crippen LogP contribution < -0.4 is 20.1 Å². The molecule has 0 spiro atoms. The normalized spacial score (nSPS) is 14.7. The zero-order valence-electron chi connectivity index (χ0n) is 19.5. The molecule has 0 radical (unpaired) electrons. The van der Waals surface area contributed by atoms with E-state index in [1.54, 1.807) is 78.9 Å². The summed E-state index contributed by atoms with van der Waals surface area (Å²) >= 11 is 6.12. The van der Waals surface area contributed by atoms with Crippen molar-refractivity contribution in [2.75, 3.05) is 13.2 Å². The lowest BCUT2D eigenvalue weighted by Crippen LogP contribution is -2.47. The minimum atomic E-state index is -1.03. The Morgan fingerprint density at radius 3 is 2.35 bits per heavy atom. The second-order valence-electron chi connectivity index (χ2n) is 8.06. The van der Waals surface area contributed by atoms with Gasteiger partial charge in [0.2, 0.25) is 6.10 Å². The van der Waals surface area contributed by atoms with Gasteiger partial charge in [-0.2, -0.15) is 0 Å². The molecule has 3 amide bonds. The Hall–Kier alpha value is -4.37. The van der Waals surface area contributed by atoms with Crippen LogP contribution in [-0.2, 0) is 19.1 Å². The van der Waals surface area contributed by atoms with E-state index in [1.807, 2.05) is 0 Å². The van der Waals surface area contributed by atoms with Gasteiger partial charge >= 0.3 is 5.97 Å². The third-order valence-corrected chi connectivity index (χ3v) is 5.75. The van der Waals surface area contributed by atoms with Gasteiger partial charge in [0.1, 0.15) is 6.61 Å². The van der Waals surface area contributed by atoms with E-state index >= 15 is 0 Å². The number of hydrogen-bond acceptors (Lipinski definition) is 7. The Balaban J connectivity index is 1.31. The molecule has 10 heteroatoms. The van der Waals surface area contributed by atoms with Crippen LogP contribution in [0.4, 0.5) is 0 Å². The summed E-state index contributed by atoms with van der Waals surface area (Å²) in [5.74, 6) is -1.86. The van der Waals surface area contributed by atoms with E-state index in [1.165, 1.54) is 0 Å². The van der Waals surface area contributed by atoms with Gasteiger partial charge in [-0.25, -0.2) is 0 Å². The molecular weight excluding hydrogens is 500 g/mol. The van der Waals surface area contributed by atoms with Crippen molar-refractivity contribution in [3.63, 3.8) is 0 Å². The van der Waals surface area contributed by atoms with Crippen LogP contribution in [0, 0.1) is 0 Å². The highest BCUT2D eigenvalue weighted by Gasteiger charge is 2.29. The highest BCUT2D eigenvalue weighted by molar-refractivity contribution is 6.33. The molecule has 37 heavy (non-hydrogen) atoms. The molecule has 0 saturated carbocycles. The maximum atomic E-state index is 12.8. The average molecular weight is 523 g/mol. The summed E-state index contributed by atoms with van der Waals surface area (Å²) in [4.78, 5) is 49.9. The average Bonchev–Trinajstić information content (AvgIpc) is 2.92. The Morgan fingerprint density at radius 2 is 1.59 bits per heavy atom. The number of amides is 3. The molecule has 1 heterocycles. The molecule has 2 N–H and O–H groups in total. The predicted molar refractivity (Wildman–Crippen MR) is 133 cm³/mol. The molecule has 2 atom stereocenters. The van der Waals surface area contributed by atoms with Crippen molar-refractivity contribution in [1.82, 2.24) is 10.6 Å². The SMILES string of the molecule is O=C(COC(=O)C[C@H](NC(=O)c1ccccc1Cl)c1ccccc1)NC(=O)[C@@H]1COc2ccccc2O1. The zero-order chi connectivity index (χ0) is 26.2. The number of esters is 1. The highest BCUT2D eigenvalue weighted by atomic mass is 35.5. The number of imide groups is 1. The second-order valence-corrected chi connectivity index (χ2v) is 8.47. The smallest absolute Gasteiger partial charge is 0.308 e. The van der Waals surface area contributed by atoms with E-state index in [0.29, 0.717) is 17.1 Å². The van der Waals surface area contributed by atoms with E-state index in [4.69, 9.17) is 25.8 Å². The van der Waals surface area contributed by atoms with Crippen molar-refractivity contribution in [3.8, 4) is 11.5 Å². The first-order valence-corrected chi connectivity index (χ1v) is 11.8. The number of halogens is 1. The molecule has 190 valence electrons. The topological polar surface area (TPSA) is 120 Å². The van der Waals surface area contributed by atoms with Gasteiger partial charge in [-0.05, 0) is 29.8 Å². The maximum absolute atomic E-state index is 12.8. The van der Waals surface area contributed by atoms with E-state index in [2.05, 4.69) is 10.6 Å². The molecule has 3 aromatic carbocycles. The lowest BCUT2D eigenvalue weighted by molar-refractivity contribution is -0.150. The first-order chi connectivity index (χ1) is 17.9. The van der Waals surface area contributed by atoms with E-state index in [9.17, 15) is 19.2 Å². The number of carbonyl (C=O) groups excluding carboxylic acids is 4. The minimum absolute atomic E-state index is 0.0696. The molecule has 0 fully saturated rings. The van der Waals surface area contributed by atoms with Gasteiger partial charge in [-0.1, -0.05) is 66.2 Å². The van der Waals surface area contributed by atoms with Gasteiger partial charge in [0.05, 0.1) is 23.0 Å². The predicted octanol–water partition coefficient (Wildman–Crippen LogP) is 3.23. The standard InChI is InChI=1S/C27H23ClN2O7/c28-19-11-5-4-10-18(19)26(33)29-20(17-8-2-1-3-9-17)14-25(32)36-16-24(31)30-27(34)23-15-35-21-12-6-7-13-22(21)37-23/h1-13,20,23H,14-16H2,(H,29,33)(H,30,31,34)/t20-,23-/m0/s1. The molecule has 0 bridgehead atoms. The van der Waals surface area contributed by atoms with Crippen LogP contribution in [-0.4, -0.2) is 43.0 Å². The van der Waals surface area contributed by atoms with Crippen molar-refractivity contribution in [3.05, 3.63) is 95.0 Å². The van der Waals surface area contributed by atoms with Crippen molar-refractivity contribution >= 4 is 35.3 Å². The highest BCUT2D eigenvalue weighted by Crippen LogP contribution is 2.30. The number of benzene rings is 3. The quantitative estimate of drug-likeness (QED) is 0.436. The molecule has 0 aliphatic carbocycles. The van der Waals surface area contributed by atoms with Crippen molar-refractivity contribution in [2.45, 2.75) is 18.6 Å². The van der Waals surface area contributed by atoms with Crippen LogP contribution in [0.1, 0.15) is 28.4 Å². The molecule has 1 aliphatic heterocycles. The van der Waals surface area contributed by atoms with E-state index < -0.39 is 42.4 Å². The third-order valence-electron chi connectivity index (χ3n) is 5.42. The molecule has 1 aliphatic rings. The molecule has 4 rings (SSSR count). The van der Waals surface area contributed by atoms with Crippen LogP contribution in [0.3, 0.4) is 0 Å². The Bertz CT molecular complexity index is 1300. The van der Waals surface area contributed by atoms with Crippen LogP contribution >= 0.6 is 11.6 Å². The number of fused-ring (bicyclic) bond motifs is 1. The third kappa shape index (κ3) is 6.86. The van der Waals surface area contributed by atoms with Gasteiger partial charge in [0, 0.05) is 0 Å². The van der Waals surface area contributed by atoms with Gasteiger partial charge in [0.15, 0.2) is 18.1 Å². The molecule has 0 unspecified atom stereocenters. The van der Waals surface area contributed by atoms with Crippen molar-refractivity contribution in [1.29, 1.82) is 0 Å². The summed E-state index contributed by atoms with van der Waals surface area (Å²) in [6.45, 7) is -0.755. The minimum Gasteiger partial charge on any atom is -0.485 e. The first-order valence-electron chi connectivity index (χ1n) is 11.4. The van der Waals surface area contributed by atoms with Crippen LogP contribution in [0.15, 0.2) is 78.9 Å². The Kier molecular flexibility index (Phi) is 8.37. The number of hydrogen-bond donors (Lipinski definition) is 2. The van der Waals surface area contributed by atoms with Crippen molar-refractivity contribution in [2.24, 2.45) is 0 Å². The lowest BCUT2D eigenvalue weighted by atomic mass is 10.0. The Morgan fingerprint density at radius 1 is 0.919 bits per heavy atom. The summed E-state index contributed by atoms with van der Waals surface area (Å²) in [6.07, 6.45) is -1.28. The van der Waals surface area contributed by atoms with Gasteiger partial charge in [-0.3, -0.25) is 24.5 Å². The number of para-hydroxylation sites is 2.